The lowest BCUT2D eigenvalue weighted by Crippen LogP contribution is -2.49. The number of carbonyl (C=O) groups excluding carboxylic acids is 1. The Morgan fingerprint density at radius 2 is 2.08 bits per heavy atom. The number of hydrogen-bond donors (Lipinski definition) is 2. The summed E-state index contributed by atoms with van der Waals surface area (Å²) in [5.41, 5.74) is 0. The van der Waals surface area contributed by atoms with Crippen LogP contribution in [0, 0.1) is 0 Å². The van der Waals surface area contributed by atoms with Crippen LogP contribution < -0.4 is 10.0 Å². The van der Waals surface area contributed by atoms with Crippen molar-refractivity contribution in [3.63, 3.8) is 0 Å². The molecule has 2 N–H and O–H groups in total. The molecule has 0 bridgehead atoms. The van der Waals surface area contributed by atoms with Crippen molar-refractivity contribution in [3.8, 4) is 0 Å². The van der Waals surface area contributed by atoms with Crippen molar-refractivity contribution < 1.29 is 17.6 Å². The molecule has 0 atom stereocenters. The third-order valence-electron chi connectivity index (χ3n) is 3.86. The summed E-state index contributed by atoms with van der Waals surface area (Å²) in [7, 11) is -3.46. The van der Waals surface area contributed by atoms with Crippen LogP contribution in [0.4, 0.5) is 4.79 Å². The van der Waals surface area contributed by atoms with Crippen LogP contribution in [0.15, 0.2) is 44.5 Å². The van der Waals surface area contributed by atoms with Crippen LogP contribution in [0.25, 0.3) is 0 Å². The number of sulfonamides is 1. The number of thiophene rings is 1. The monoisotopic (exact) mass is 369 g/mol. The van der Waals surface area contributed by atoms with Crippen molar-refractivity contribution in [2.75, 3.05) is 13.1 Å². The minimum Gasteiger partial charge on any atom is -0.467 e. The summed E-state index contributed by atoms with van der Waals surface area (Å²) in [5, 5.41) is 4.53. The standard InChI is InChI=1S/C15H19N3O4S2/c19-15(16-11-13-3-1-9-22-13)18-7-5-12(6-8-18)17-24(20,21)14-4-2-10-23-14/h1-4,9-10,12,17H,5-8,11H2,(H,16,19). The molecule has 9 heteroatoms. The normalized spacial score (nSPS) is 16.2. The molecule has 0 unspecified atom stereocenters. The Kier molecular flexibility index (Phi) is 5.22. The van der Waals surface area contributed by atoms with Gasteiger partial charge in [0.1, 0.15) is 9.97 Å². The van der Waals surface area contributed by atoms with Crippen molar-refractivity contribution in [1.82, 2.24) is 14.9 Å². The predicted octanol–water partition coefficient (Wildman–Crippen LogP) is 1.99. The van der Waals surface area contributed by atoms with Gasteiger partial charge in [-0.25, -0.2) is 17.9 Å². The van der Waals surface area contributed by atoms with E-state index in [0.29, 0.717) is 42.4 Å². The van der Waals surface area contributed by atoms with Crippen molar-refractivity contribution >= 4 is 27.4 Å². The lowest BCUT2D eigenvalue weighted by Gasteiger charge is -2.32. The zero-order valence-corrected chi connectivity index (χ0v) is 14.6. The molecule has 3 rings (SSSR count). The average molecular weight is 369 g/mol. The maximum Gasteiger partial charge on any atom is 0.317 e. The minimum absolute atomic E-state index is 0.147. The molecule has 0 aliphatic carbocycles. The number of amides is 2. The van der Waals surface area contributed by atoms with E-state index in [1.54, 1.807) is 40.8 Å². The molecule has 0 saturated carbocycles. The van der Waals surface area contributed by atoms with Gasteiger partial charge in [0.2, 0.25) is 10.0 Å². The van der Waals surface area contributed by atoms with Crippen LogP contribution in [-0.4, -0.2) is 38.5 Å². The van der Waals surface area contributed by atoms with Crippen LogP contribution in [-0.2, 0) is 16.6 Å². The Bertz CT molecular complexity index is 749. The molecule has 0 aromatic carbocycles. The van der Waals surface area contributed by atoms with Gasteiger partial charge in [-0.3, -0.25) is 0 Å². The van der Waals surface area contributed by atoms with Gasteiger partial charge >= 0.3 is 6.03 Å². The first-order valence-corrected chi connectivity index (χ1v) is 10.0. The lowest BCUT2D eigenvalue weighted by atomic mass is 10.1. The summed E-state index contributed by atoms with van der Waals surface area (Å²) < 4.78 is 32.6. The first kappa shape index (κ1) is 17.0. The van der Waals surface area contributed by atoms with Gasteiger partial charge in [0.25, 0.3) is 0 Å². The Morgan fingerprint density at radius 3 is 2.71 bits per heavy atom. The molecule has 130 valence electrons. The minimum atomic E-state index is -3.46. The van der Waals surface area contributed by atoms with Gasteiger partial charge in [-0.15, -0.1) is 11.3 Å². The fourth-order valence-corrected chi connectivity index (χ4v) is 4.90. The first-order chi connectivity index (χ1) is 11.5. The number of carbonyl (C=O) groups is 1. The molecule has 2 amide bonds. The number of urea groups is 1. The zero-order chi connectivity index (χ0) is 17.0. The molecular weight excluding hydrogens is 350 g/mol. The first-order valence-electron chi connectivity index (χ1n) is 7.65. The SMILES string of the molecule is O=C(NCc1ccco1)N1CCC(NS(=O)(=O)c2cccs2)CC1. The molecule has 1 fully saturated rings. The summed E-state index contributed by atoms with van der Waals surface area (Å²) in [5.74, 6) is 0.696. The molecule has 24 heavy (non-hydrogen) atoms. The third-order valence-corrected chi connectivity index (χ3v) is 6.78. The topological polar surface area (TPSA) is 91.7 Å². The summed E-state index contributed by atoms with van der Waals surface area (Å²) >= 11 is 1.20. The van der Waals surface area contributed by atoms with E-state index in [1.165, 1.54) is 11.3 Å². The molecular formula is C15H19N3O4S2. The molecule has 2 aromatic heterocycles. The van der Waals surface area contributed by atoms with Gasteiger partial charge in [0.15, 0.2) is 0 Å². The van der Waals surface area contributed by atoms with Crippen LogP contribution in [0.5, 0.6) is 0 Å². The molecule has 0 spiro atoms. The van der Waals surface area contributed by atoms with Crippen molar-refractivity contribution in [2.24, 2.45) is 0 Å². The van der Waals surface area contributed by atoms with Crippen LogP contribution in [0.1, 0.15) is 18.6 Å². The molecule has 1 aliphatic rings. The van der Waals surface area contributed by atoms with Gasteiger partial charge in [-0.1, -0.05) is 6.07 Å². The van der Waals surface area contributed by atoms with Crippen LogP contribution >= 0.6 is 11.3 Å². The number of nitrogens with zero attached hydrogens (tertiary/aromatic N) is 1. The van der Waals surface area contributed by atoms with Crippen molar-refractivity contribution in [2.45, 2.75) is 29.6 Å². The van der Waals surface area contributed by atoms with E-state index >= 15 is 0 Å². The maximum atomic E-state index is 12.2. The molecule has 1 aliphatic heterocycles. The molecule has 2 aromatic rings. The Labute approximate surface area is 144 Å². The Hall–Kier alpha value is -1.84. The molecule has 7 nitrogen and oxygen atoms in total. The van der Waals surface area contributed by atoms with Gasteiger partial charge in [-0.2, -0.15) is 0 Å². The summed E-state index contributed by atoms with van der Waals surface area (Å²) in [6.45, 7) is 1.37. The lowest BCUT2D eigenvalue weighted by molar-refractivity contribution is 0.179. The van der Waals surface area contributed by atoms with Gasteiger partial charge in [0, 0.05) is 19.1 Å². The van der Waals surface area contributed by atoms with Crippen LogP contribution in [0.2, 0.25) is 0 Å². The van der Waals surface area contributed by atoms with E-state index in [-0.39, 0.29) is 12.1 Å². The Morgan fingerprint density at radius 1 is 1.29 bits per heavy atom. The summed E-state index contributed by atoms with van der Waals surface area (Å²) in [6, 6.07) is 6.56. The fourth-order valence-electron chi connectivity index (χ4n) is 2.58. The molecule has 1 saturated heterocycles. The van der Waals surface area contributed by atoms with E-state index in [0.717, 1.165) is 0 Å². The predicted molar refractivity (Wildman–Crippen MR) is 90.2 cm³/mol. The number of furan rings is 1. The second kappa shape index (κ2) is 7.37. The maximum absolute atomic E-state index is 12.2. The van der Waals surface area contributed by atoms with E-state index in [2.05, 4.69) is 10.0 Å². The summed E-state index contributed by atoms with van der Waals surface area (Å²) in [4.78, 5) is 13.8. The van der Waals surface area contributed by atoms with Crippen molar-refractivity contribution in [1.29, 1.82) is 0 Å². The van der Waals surface area contributed by atoms with E-state index < -0.39 is 10.0 Å². The average Bonchev–Trinajstić information content (AvgIpc) is 3.26. The van der Waals surface area contributed by atoms with Crippen LogP contribution in [0.3, 0.4) is 0 Å². The third kappa shape index (κ3) is 4.16. The van der Waals surface area contributed by atoms with Gasteiger partial charge < -0.3 is 14.6 Å². The largest absolute Gasteiger partial charge is 0.467 e. The van der Waals surface area contributed by atoms with E-state index in [1.807, 2.05) is 0 Å². The van der Waals surface area contributed by atoms with Gasteiger partial charge in [-0.05, 0) is 36.4 Å². The number of piperidine rings is 1. The van der Waals surface area contributed by atoms with E-state index in [9.17, 15) is 13.2 Å². The fraction of sp³-hybridized carbons (Fsp3) is 0.400. The number of rotatable bonds is 5. The second-order valence-corrected chi connectivity index (χ2v) is 8.44. The highest BCUT2D eigenvalue weighted by Crippen LogP contribution is 2.18. The highest BCUT2D eigenvalue weighted by Gasteiger charge is 2.27. The molecule has 0 radical (unpaired) electrons. The molecule has 3 heterocycles. The quantitative estimate of drug-likeness (QED) is 0.843. The van der Waals surface area contributed by atoms with Gasteiger partial charge in [0.05, 0.1) is 12.8 Å². The number of hydrogen-bond acceptors (Lipinski definition) is 5. The number of likely N-dealkylation sites (tertiary alicyclic amines) is 1. The van der Waals surface area contributed by atoms with E-state index in [4.69, 9.17) is 4.42 Å². The number of nitrogens with one attached hydrogen (secondary N) is 2. The Balaban J connectivity index is 1.46. The highest BCUT2D eigenvalue weighted by atomic mass is 32.2. The van der Waals surface area contributed by atoms with Crippen molar-refractivity contribution in [3.05, 3.63) is 41.7 Å². The second-order valence-electron chi connectivity index (χ2n) is 5.55. The smallest absolute Gasteiger partial charge is 0.317 e. The zero-order valence-electron chi connectivity index (χ0n) is 13.0. The highest BCUT2D eigenvalue weighted by molar-refractivity contribution is 7.91. The summed E-state index contributed by atoms with van der Waals surface area (Å²) in [6.07, 6.45) is 2.75.